The summed E-state index contributed by atoms with van der Waals surface area (Å²) in [5.41, 5.74) is 3.06. The molecule has 1 aromatic heterocycles. The van der Waals surface area contributed by atoms with E-state index >= 15 is 0 Å². The van der Waals surface area contributed by atoms with E-state index in [0.29, 0.717) is 5.02 Å². The fourth-order valence-corrected chi connectivity index (χ4v) is 4.00. The van der Waals surface area contributed by atoms with Crippen LogP contribution in [0.2, 0.25) is 5.02 Å². The van der Waals surface area contributed by atoms with Gasteiger partial charge in [-0.15, -0.1) is 0 Å². The van der Waals surface area contributed by atoms with Gasteiger partial charge in [0.2, 0.25) is 6.23 Å². The second-order valence-electron chi connectivity index (χ2n) is 6.33. The van der Waals surface area contributed by atoms with E-state index in [0.717, 1.165) is 39.2 Å². The topological polar surface area (TPSA) is 38.0 Å². The maximum atomic E-state index is 6.32. The first-order chi connectivity index (χ1) is 12.7. The van der Waals surface area contributed by atoms with Crippen molar-refractivity contribution in [2.75, 3.05) is 0 Å². The molecule has 26 heavy (non-hydrogen) atoms. The number of hydrazone groups is 1. The lowest BCUT2D eigenvalue weighted by molar-refractivity contribution is -0.0190. The van der Waals surface area contributed by atoms with Crippen molar-refractivity contribution < 1.29 is 9.15 Å². The minimum Gasteiger partial charge on any atom is -0.464 e. The molecule has 2 aliphatic heterocycles. The summed E-state index contributed by atoms with van der Waals surface area (Å²) in [6.45, 7) is 0. The molecule has 5 rings (SSSR count). The minimum absolute atomic E-state index is 0.0945. The Morgan fingerprint density at radius 1 is 1.12 bits per heavy atom. The fraction of sp³-hybridized carbons (Fsp3) is 0.150. The van der Waals surface area contributed by atoms with Crippen LogP contribution in [0, 0.1) is 0 Å². The molecule has 0 saturated carbocycles. The molecule has 6 heteroatoms. The lowest BCUT2D eigenvalue weighted by atomic mass is 9.97. The average Bonchev–Trinajstić information content (AvgIpc) is 3.32. The molecular weight excluding hydrogens is 416 g/mol. The zero-order valence-electron chi connectivity index (χ0n) is 13.6. The fourth-order valence-electron chi connectivity index (χ4n) is 3.50. The lowest BCUT2D eigenvalue weighted by Gasteiger charge is -2.38. The van der Waals surface area contributed by atoms with E-state index in [1.165, 1.54) is 0 Å². The van der Waals surface area contributed by atoms with E-state index in [-0.39, 0.29) is 12.3 Å². The Morgan fingerprint density at radius 3 is 2.73 bits per heavy atom. The van der Waals surface area contributed by atoms with Crippen LogP contribution in [0.3, 0.4) is 0 Å². The quantitative estimate of drug-likeness (QED) is 0.506. The molecule has 2 aromatic carbocycles. The van der Waals surface area contributed by atoms with Crippen LogP contribution in [0.15, 0.2) is 74.9 Å². The van der Waals surface area contributed by atoms with Crippen LogP contribution >= 0.6 is 27.5 Å². The highest BCUT2D eigenvalue weighted by atomic mass is 79.9. The lowest BCUT2D eigenvalue weighted by Crippen LogP contribution is -2.33. The van der Waals surface area contributed by atoms with Crippen molar-refractivity contribution in [3.8, 4) is 5.75 Å². The van der Waals surface area contributed by atoms with Gasteiger partial charge in [0, 0.05) is 27.0 Å². The number of ether oxygens (including phenoxy) is 1. The summed E-state index contributed by atoms with van der Waals surface area (Å²) < 4.78 is 12.9. The van der Waals surface area contributed by atoms with Gasteiger partial charge in [0.15, 0.2) is 0 Å². The van der Waals surface area contributed by atoms with E-state index in [4.69, 9.17) is 25.9 Å². The molecule has 4 nitrogen and oxygen atoms in total. The molecule has 0 saturated heterocycles. The monoisotopic (exact) mass is 428 g/mol. The van der Waals surface area contributed by atoms with Crippen molar-refractivity contribution in [1.29, 1.82) is 0 Å². The maximum absolute atomic E-state index is 6.32. The number of furan rings is 1. The Hall–Kier alpha value is -2.24. The van der Waals surface area contributed by atoms with E-state index in [9.17, 15) is 0 Å². The van der Waals surface area contributed by atoms with Crippen LogP contribution in [-0.2, 0) is 0 Å². The maximum Gasteiger partial charge on any atom is 0.213 e. The Morgan fingerprint density at radius 2 is 1.96 bits per heavy atom. The van der Waals surface area contributed by atoms with E-state index in [1.54, 1.807) is 6.26 Å². The summed E-state index contributed by atoms with van der Waals surface area (Å²) in [5, 5.41) is 7.57. The molecule has 3 aromatic rings. The summed E-state index contributed by atoms with van der Waals surface area (Å²) in [5.74, 6) is 1.68. The third kappa shape index (κ3) is 2.63. The first-order valence-electron chi connectivity index (χ1n) is 8.30. The Labute approximate surface area is 164 Å². The summed E-state index contributed by atoms with van der Waals surface area (Å²) >= 11 is 9.62. The Kier molecular flexibility index (Phi) is 3.80. The number of hydrogen-bond acceptors (Lipinski definition) is 4. The molecule has 0 N–H and O–H groups in total. The molecule has 0 amide bonds. The number of fused-ring (bicyclic) bond motifs is 3. The smallest absolute Gasteiger partial charge is 0.213 e. The molecule has 0 aliphatic carbocycles. The van der Waals surface area contributed by atoms with Gasteiger partial charge in [-0.05, 0) is 42.5 Å². The molecule has 2 aliphatic rings. The van der Waals surface area contributed by atoms with Gasteiger partial charge in [-0.3, -0.25) is 0 Å². The van der Waals surface area contributed by atoms with Crippen LogP contribution < -0.4 is 4.74 Å². The average molecular weight is 430 g/mol. The van der Waals surface area contributed by atoms with Gasteiger partial charge in [-0.25, -0.2) is 5.01 Å². The highest BCUT2D eigenvalue weighted by Crippen LogP contribution is 2.48. The first kappa shape index (κ1) is 16.0. The van der Waals surface area contributed by atoms with Gasteiger partial charge in [-0.1, -0.05) is 39.7 Å². The van der Waals surface area contributed by atoms with Crippen LogP contribution in [0.5, 0.6) is 5.75 Å². The highest BCUT2D eigenvalue weighted by Gasteiger charge is 2.41. The number of hydrogen-bond donors (Lipinski definition) is 0. The van der Waals surface area contributed by atoms with E-state index in [1.807, 2.05) is 53.5 Å². The molecule has 0 radical (unpaired) electrons. The van der Waals surface area contributed by atoms with Gasteiger partial charge < -0.3 is 9.15 Å². The van der Waals surface area contributed by atoms with Crippen LogP contribution in [-0.4, -0.2) is 10.7 Å². The Bertz CT molecular complexity index is 986. The van der Waals surface area contributed by atoms with Gasteiger partial charge in [0.1, 0.15) is 17.2 Å². The zero-order chi connectivity index (χ0) is 17.7. The molecule has 2 unspecified atom stereocenters. The standard InChI is InChI=1S/C20H14BrClN2O2/c21-13-5-8-18-15(10-13)17-11-16(19-2-1-9-25-19)23-24(17)20(26-18)12-3-6-14(22)7-4-12/h1-10,17,20H,11H2. The number of nitrogens with zero attached hydrogens (tertiary/aromatic N) is 2. The van der Waals surface area contributed by atoms with Gasteiger partial charge in [0.25, 0.3) is 0 Å². The molecule has 0 fully saturated rings. The molecule has 130 valence electrons. The SMILES string of the molecule is Clc1ccc(C2Oc3ccc(Br)cc3C3CC(c4ccco4)=NN32)cc1. The predicted molar refractivity (Wildman–Crippen MR) is 103 cm³/mol. The van der Waals surface area contributed by atoms with Crippen LogP contribution in [0.25, 0.3) is 0 Å². The molecule has 0 bridgehead atoms. The summed E-state index contributed by atoms with van der Waals surface area (Å²) in [6.07, 6.45) is 2.13. The second-order valence-corrected chi connectivity index (χ2v) is 7.68. The van der Waals surface area contributed by atoms with Crippen LogP contribution in [0.1, 0.15) is 35.6 Å². The van der Waals surface area contributed by atoms with Gasteiger partial charge in [0.05, 0.1) is 12.3 Å². The van der Waals surface area contributed by atoms with E-state index in [2.05, 4.69) is 22.0 Å². The summed E-state index contributed by atoms with van der Waals surface area (Å²) in [7, 11) is 0. The van der Waals surface area contributed by atoms with Crippen molar-refractivity contribution in [3.63, 3.8) is 0 Å². The third-order valence-corrected chi connectivity index (χ3v) is 5.46. The van der Waals surface area contributed by atoms with Gasteiger partial charge >= 0.3 is 0 Å². The predicted octanol–water partition coefficient (Wildman–Crippen LogP) is 5.94. The highest BCUT2D eigenvalue weighted by molar-refractivity contribution is 9.10. The zero-order valence-corrected chi connectivity index (χ0v) is 15.9. The first-order valence-corrected chi connectivity index (χ1v) is 9.47. The molecule has 0 spiro atoms. The second kappa shape index (κ2) is 6.18. The largest absolute Gasteiger partial charge is 0.464 e. The molecule has 2 atom stereocenters. The van der Waals surface area contributed by atoms with E-state index < -0.39 is 0 Å². The van der Waals surface area contributed by atoms with Crippen molar-refractivity contribution >= 4 is 33.2 Å². The van der Waals surface area contributed by atoms with Crippen molar-refractivity contribution in [3.05, 3.63) is 87.2 Å². The van der Waals surface area contributed by atoms with Crippen molar-refractivity contribution in [1.82, 2.24) is 5.01 Å². The van der Waals surface area contributed by atoms with Crippen molar-refractivity contribution in [2.45, 2.75) is 18.7 Å². The summed E-state index contributed by atoms with van der Waals surface area (Å²) in [4.78, 5) is 0. The molecule has 3 heterocycles. The number of rotatable bonds is 2. The normalized spacial score (nSPS) is 21.0. The third-order valence-electron chi connectivity index (χ3n) is 4.71. The van der Waals surface area contributed by atoms with Crippen LogP contribution in [0.4, 0.5) is 0 Å². The van der Waals surface area contributed by atoms with Crippen molar-refractivity contribution in [2.24, 2.45) is 5.10 Å². The minimum atomic E-state index is -0.307. The Balaban J connectivity index is 1.61. The molecular formula is C20H14BrClN2O2. The number of benzene rings is 2. The summed E-state index contributed by atoms with van der Waals surface area (Å²) in [6, 6.07) is 17.7. The van der Waals surface area contributed by atoms with Gasteiger partial charge in [-0.2, -0.15) is 5.10 Å². The number of halogens is 2.